The Hall–Kier alpha value is -12.7. The largest absolute Gasteiger partial charge is 0.508 e. The molecule has 3 saturated heterocycles. The highest BCUT2D eigenvalue weighted by molar-refractivity contribution is 7.99. The number of amides is 15. The maximum atomic E-state index is 15.7. The van der Waals surface area contributed by atoms with Gasteiger partial charge in [-0.1, -0.05) is 125 Å². The van der Waals surface area contributed by atoms with Gasteiger partial charge < -0.3 is 109 Å². The van der Waals surface area contributed by atoms with Gasteiger partial charge in [0.05, 0.1) is 28.9 Å². The van der Waals surface area contributed by atoms with Gasteiger partial charge in [0, 0.05) is 107 Å². The van der Waals surface area contributed by atoms with Gasteiger partial charge >= 0.3 is 5.97 Å². The molecule has 3 aliphatic heterocycles. The van der Waals surface area contributed by atoms with E-state index in [4.69, 9.17) is 11.5 Å². The highest BCUT2D eigenvalue weighted by Gasteiger charge is 2.44. The molecule has 10 rings (SSSR count). The third-order valence-corrected chi connectivity index (χ3v) is 25.3. The van der Waals surface area contributed by atoms with Gasteiger partial charge in [0.1, 0.15) is 78.8 Å². The summed E-state index contributed by atoms with van der Waals surface area (Å²) in [5.41, 5.74) is 15.6. The highest BCUT2D eigenvalue weighted by Crippen LogP contribution is 2.30. The number of benzene rings is 4. The average molecular weight is 1820 g/mol. The first kappa shape index (κ1) is 98.5. The number of H-pyrrole nitrogens is 1. The van der Waals surface area contributed by atoms with Gasteiger partial charge in [0.2, 0.25) is 82.7 Å². The van der Waals surface area contributed by atoms with Crippen LogP contribution in [-0.4, -0.2) is 282 Å². The maximum absolute atomic E-state index is 15.7. The lowest BCUT2D eigenvalue weighted by Crippen LogP contribution is -2.62. The fraction of sp³-hybridized carbons (Fsp3) is 0.494. The molecule has 0 spiro atoms. The van der Waals surface area contributed by atoms with Crippen LogP contribution >= 0.6 is 23.1 Å². The van der Waals surface area contributed by atoms with Crippen LogP contribution in [0.2, 0.25) is 0 Å². The molecular weight excluding hydrogens is 1700 g/mol. The van der Waals surface area contributed by atoms with E-state index < -0.39 is 187 Å². The Balaban J connectivity index is 0.969. The number of aromatic nitrogens is 3. The van der Waals surface area contributed by atoms with E-state index in [0.717, 1.165) is 26.3 Å². The fourth-order valence-electron chi connectivity index (χ4n) is 16.3. The number of hydrogen-bond donors (Lipinski definition) is 15. The second-order valence-electron chi connectivity index (χ2n) is 33.2. The molecule has 6 heterocycles. The summed E-state index contributed by atoms with van der Waals surface area (Å²) in [7, 11) is 4.09. The lowest BCUT2D eigenvalue weighted by Gasteiger charge is -2.36. The number of aliphatic carboxylic acids is 1. The van der Waals surface area contributed by atoms with Gasteiger partial charge in [-0.2, -0.15) is 11.8 Å². The first-order valence-corrected chi connectivity index (χ1v) is 45.5. The Morgan fingerprint density at radius 3 is 1.86 bits per heavy atom. The van der Waals surface area contributed by atoms with Gasteiger partial charge in [-0.25, -0.2) is 4.98 Å². The van der Waals surface area contributed by atoms with Crippen molar-refractivity contribution in [2.75, 3.05) is 70.7 Å². The topological polar surface area (TPSA) is 536 Å². The van der Waals surface area contributed by atoms with E-state index in [2.05, 4.69) is 63.1 Å². The minimum atomic E-state index is -1.98. The van der Waals surface area contributed by atoms with E-state index in [1.165, 1.54) is 89.1 Å². The number of carboxylic acid groups (broad SMARTS) is 1. The number of phenolic OH excluding ortho intramolecular Hbond substituents is 1. The molecule has 3 unspecified atom stereocenters. The molecule has 3 aliphatic rings. The summed E-state index contributed by atoms with van der Waals surface area (Å²) < 4.78 is 2.24. The molecule has 3 aromatic heterocycles. The number of thiazole rings is 1. The van der Waals surface area contributed by atoms with Crippen LogP contribution in [0.4, 0.5) is 5.13 Å². The Bertz CT molecular complexity index is 5200. The molecule has 17 N–H and O–H groups in total. The van der Waals surface area contributed by atoms with Gasteiger partial charge in [-0.05, 0) is 111 Å². The maximum Gasteiger partial charge on any atom is 0.323 e. The number of fused-ring (bicyclic) bond motifs is 5. The van der Waals surface area contributed by atoms with Crippen molar-refractivity contribution in [1.29, 1.82) is 0 Å². The molecule has 15 amide bonds. The van der Waals surface area contributed by atoms with E-state index in [1.807, 2.05) is 39.8 Å². The van der Waals surface area contributed by atoms with Crippen molar-refractivity contribution in [1.82, 2.24) is 86.9 Å². The van der Waals surface area contributed by atoms with Crippen molar-refractivity contribution in [3.63, 3.8) is 0 Å². The molecule has 38 nitrogen and oxygen atoms in total. The normalized spacial score (nSPS) is 23.8. The molecule has 40 heteroatoms. The van der Waals surface area contributed by atoms with Crippen molar-refractivity contribution >= 4 is 155 Å². The molecule has 0 aliphatic carbocycles. The molecule has 0 radical (unpaired) electrons. The number of para-hydroxylation sites is 3. The van der Waals surface area contributed by atoms with Crippen LogP contribution in [0, 0.1) is 5.92 Å². The van der Waals surface area contributed by atoms with E-state index in [-0.39, 0.29) is 114 Å². The number of anilines is 1. The zero-order valence-electron chi connectivity index (χ0n) is 73.7. The van der Waals surface area contributed by atoms with Crippen LogP contribution in [-0.2, 0) is 103 Å². The van der Waals surface area contributed by atoms with Crippen molar-refractivity contribution in [3.05, 3.63) is 126 Å². The Morgan fingerprint density at radius 2 is 1.18 bits per heavy atom. The predicted molar refractivity (Wildman–Crippen MR) is 483 cm³/mol. The molecule has 694 valence electrons. The van der Waals surface area contributed by atoms with Crippen LogP contribution in [0.3, 0.4) is 0 Å². The second kappa shape index (κ2) is 46.3. The summed E-state index contributed by atoms with van der Waals surface area (Å²) >= 11 is 2.34. The number of unbranched alkanes of at least 4 members (excludes halogenated alkanes) is 2. The summed E-state index contributed by atoms with van der Waals surface area (Å²) in [6.07, 6.45) is 2.60. The van der Waals surface area contributed by atoms with Crippen LogP contribution in [0.5, 0.6) is 5.75 Å². The van der Waals surface area contributed by atoms with E-state index in [1.54, 1.807) is 66.9 Å². The van der Waals surface area contributed by atoms with E-state index in [0.29, 0.717) is 74.8 Å². The molecule has 3 fully saturated rings. The van der Waals surface area contributed by atoms with Crippen LogP contribution in [0.15, 0.2) is 109 Å². The number of thioether (sulfide) groups is 1. The number of aromatic amines is 1. The number of rotatable bonds is 21. The molecule has 0 saturated carbocycles. The third kappa shape index (κ3) is 26.3. The fourth-order valence-corrected chi connectivity index (χ4v) is 17.8. The lowest BCUT2D eigenvalue weighted by atomic mass is 9.99. The minimum Gasteiger partial charge on any atom is -0.508 e. The summed E-state index contributed by atoms with van der Waals surface area (Å²) in [6.45, 7) is 7.18. The van der Waals surface area contributed by atoms with Gasteiger partial charge in [-0.3, -0.25) is 76.7 Å². The molecule has 4 aromatic carbocycles. The van der Waals surface area contributed by atoms with Crippen LogP contribution in [0.25, 0.3) is 32.0 Å². The summed E-state index contributed by atoms with van der Waals surface area (Å²) in [5, 5.41) is 49.2. The zero-order valence-corrected chi connectivity index (χ0v) is 75.3. The first-order chi connectivity index (χ1) is 61.6. The quantitative estimate of drug-likeness (QED) is 0.0487. The summed E-state index contributed by atoms with van der Waals surface area (Å²) in [5.74, 6) is -14.0. The monoisotopic (exact) mass is 1820 g/mol. The molecule has 129 heavy (non-hydrogen) atoms. The Kier molecular flexibility index (Phi) is 35.4. The standard InChI is InChI=1S/C89H118N20O18S2/c1-9-11-25-67-81(120)97-60(39-50(3)4)78(117)92-35-38-128-49-73(112)96-62(40-52-31-33-55(110)34-32-52)85(124)104(6)51(5)77(116)99-64(43-72(90)111)87(126)109-37-20-29-69(109)83(122)101-65(45-95-89-102-59-24-16-18-30-71(59)129-89)79(118)94-46-74(113)108-36-19-28-68(108)82(121)98-61(41-53-44-93-58-23-15-13-21-56(53)58)80(119)103-76(91)84(123)100-63(86(125)106(8)70(26-12-10-2)88(127)105(67)7)42-54-47-107(48-75(114)115)66-27-17-14-22-57(54)66/h13-18,21-24,27,30-34,44,47,50-51,60-65,67-70,76,93,110H,9-12,19-20,25-26,28-29,35-43,45-46,48-49,91H2,1-8H3,(H2,90,111)(H,92,117)(H,94,118)(H,95,102)(H,96,112)(H,97,120)(H,98,121)(H,99,116)(H,100,123)(H,101,122)(H,103,119)(H,114,115)/t51-,60-,61-,62-,63-,64-,65-,67-,68?,69?,70-,76?/m0/s1. The van der Waals surface area contributed by atoms with Crippen LogP contribution in [0.1, 0.15) is 128 Å². The number of carbonyl (C=O) groups is 16. The number of nitrogens with one attached hydrogen (secondary N) is 11. The van der Waals surface area contributed by atoms with E-state index >= 15 is 14.4 Å². The number of likely N-dealkylation sites (N-methyl/N-ethyl adjacent to an activating group) is 3. The molecule has 0 bridgehead atoms. The zero-order chi connectivity index (χ0) is 93.4. The smallest absolute Gasteiger partial charge is 0.323 e. The molecule has 12 atom stereocenters. The number of carboxylic acids is 1. The number of carbonyl (C=O) groups excluding carboxylic acids is 15. The minimum absolute atomic E-state index is 0.00469. The first-order valence-electron chi connectivity index (χ1n) is 43.5. The van der Waals surface area contributed by atoms with Gasteiger partial charge in [0.25, 0.3) is 5.91 Å². The third-order valence-electron chi connectivity index (χ3n) is 23.4. The SMILES string of the molecule is CCCC[C@H]1C(=O)N(C)[C@@H](CCCC)C(=O)N[C@@H](CC(C)C)C(=O)NCCSCC(=O)N[C@@H](Cc2ccc(O)cc2)C(=O)N(C)[C@@H](C)C(=O)N[C@@H](CC(N)=O)C(=O)N2CCCC2C(=O)N[C@@H](CNc2nc3ccccc3s2)C(=O)NCC(=O)N2CCCC2C(=O)N[C@@H](Cc2c[nH]c3ccccc23)C(=O)NC(N)C(=O)N[C@@H](Cc2cn(CC(=O)O)c3ccccc23)C(=O)N1C. The summed E-state index contributed by atoms with van der Waals surface area (Å²) in [4.78, 5) is 246. The molecule has 7 aromatic rings. The Morgan fingerprint density at radius 1 is 0.589 bits per heavy atom. The van der Waals surface area contributed by atoms with E-state index in [9.17, 15) is 72.5 Å². The summed E-state index contributed by atoms with van der Waals surface area (Å²) in [6, 6.07) is 11.6. The number of aromatic hydroxyl groups is 1. The Labute approximate surface area is 754 Å². The lowest BCUT2D eigenvalue weighted by molar-refractivity contribution is -0.149. The second-order valence-corrected chi connectivity index (χ2v) is 35.4. The van der Waals surface area contributed by atoms with Crippen molar-refractivity contribution in [2.45, 2.75) is 210 Å². The van der Waals surface area contributed by atoms with Crippen molar-refractivity contribution in [3.8, 4) is 5.75 Å². The average Bonchev–Trinajstić information content (AvgIpc) is 1.63. The number of hydrogen-bond acceptors (Lipinski definition) is 22. The number of nitrogens with zero attached hydrogens (tertiary/aromatic N) is 7. The van der Waals surface area contributed by atoms with Crippen molar-refractivity contribution in [2.24, 2.45) is 17.4 Å². The molecular formula is C89H118N20O18S2. The highest BCUT2D eigenvalue weighted by atomic mass is 32.2. The van der Waals surface area contributed by atoms with Crippen molar-refractivity contribution < 1.29 is 86.9 Å². The van der Waals surface area contributed by atoms with Gasteiger partial charge in [-0.15, -0.1) is 0 Å². The number of nitrogens with two attached hydrogens (primary N) is 2. The van der Waals surface area contributed by atoms with Crippen LogP contribution < -0.4 is 64.6 Å². The van der Waals surface area contributed by atoms with Gasteiger partial charge in [0.15, 0.2) is 11.3 Å². The number of primary amides is 1. The predicted octanol–water partition coefficient (Wildman–Crippen LogP) is 1.74. The number of phenols is 1.